The number of anilines is 1. The van der Waals surface area contributed by atoms with Gasteiger partial charge in [0, 0.05) is 17.4 Å². The van der Waals surface area contributed by atoms with E-state index in [1.807, 2.05) is 30.3 Å². The van der Waals surface area contributed by atoms with Gasteiger partial charge in [0.15, 0.2) is 0 Å². The highest BCUT2D eigenvalue weighted by Gasteiger charge is 2.42. The molecule has 4 nitrogen and oxygen atoms in total. The summed E-state index contributed by atoms with van der Waals surface area (Å²) in [5.41, 5.74) is 1.05. The molecule has 4 rings (SSSR count). The molecular weight excluding hydrogens is 420 g/mol. The second-order valence-electron chi connectivity index (χ2n) is 6.72. The molecule has 3 aromatic rings. The number of carbonyl (C=O) groups is 2. The predicted molar refractivity (Wildman–Crippen MR) is 117 cm³/mol. The lowest BCUT2D eigenvalue weighted by molar-refractivity contribution is -0.119. The smallest absolute Gasteiger partial charge is 0.272 e. The van der Waals surface area contributed by atoms with Crippen LogP contribution in [0.25, 0.3) is 5.57 Å². The Hall–Kier alpha value is -3.45. The van der Waals surface area contributed by atoms with Gasteiger partial charge in [0.25, 0.3) is 11.8 Å². The van der Waals surface area contributed by atoms with Gasteiger partial charge < -0.3 is 4.74 Å². The number of carbonyl (C=O) groups excluding carboxylic acids is 2. The van der Waals surface area contributed by atoms with Crippen molar-refractivity contribution in [2.45, 2.75) is 5.75 Å². The molecule has 0 saturated carbocycles. The number of ether oxygens (including phenoxy) is 1. The van der Waals surface area contributed by atoms with Crippen LogP contribution in [0.1, 0.15) is 11.1 Å². The fourth-order valence-electron chi connectivity index (χ4n) is 3.34. The van der Waals surface area contributed by atoms with Crippen molar-refractivity contribution in [1.82, 2.24) is 0 Å². The maximum absolute atomic E-state index is 14.5. The number of halogens is 2. The zero-order valence-electron chi connectivity index (χ0n) is 16.5. The number of imide groups is 1. The summed E-state index contributed by atoms with van der Waals surface area (Å²) in [5.74, 6) is -2.21. The predicted octanol–water partition coefficient (Wildman–Crippen LogP) is 5.19. The first kappa shape index (κ1) is 20.8. The minimum Gasteiger partial charge on any atom is -0.496 e. The molecule has 3 aromatic carbocycles. The lowest BCUT2D eigenvalue weighted by Gasteiger charge is -2.16. The average Bonchev–Trinajstić information content (AvgIpc) is 3.03. The number of hydrogen-bond donors (Lipinski definition) is 0. The number of hydrogen-bond acceptors (Lipinski definition) is 4. The largest absolute Gasteiger partial charge is 0.496 e. The molecule has 0 aliphatic carbocycles. The number of rotatable bonds is 6. The van der Waals surface area contributed by atoms with E-state index in [1.54, 1.807) is 24.3 Å². The summed E-state index contributed by atoms with van der Waals surface area (Å²) in [7, 11) is 1.46. The second kappa shape index (κ2) is 8.73. The minimum absolute atomic E-state index is 0.104. The van der Waals surface area contributed by atoms with Crippen LogP contribution < -0.4 is 9.64 Å². The zero-order valence-corrected chi connectivity index (χ0v) is 17.3. The maximum atomic E-state index is 14.5. The van der Waals surface area contributed by atoms with E-state index in [0.29, 0.717) is 22.0 Å². The van der Waals surface area contributed by atoms with E-state index < -0.39 is 29.1 Å². The van der Waals surface area contributed by atoms with Gasteiger partial charge in [0.2, 0.25) is 0 Å². The SMILES string of the molecule is COc1ccccc1C1=C(SCc2ccccc2)C(=O)N(c2cc(F)ccc2F)C1=O. The molecule has 0 N–H and O–H groups in total. The van der Waals surface area contributed by atoms with Gasteiger partial charge in [0.1, 0.15) is 17.4 Å². The van der Waals surface area contributed by atoms with E-state index >= 15 is 0 Å². The van der Waals surface area contributed by atoms with Gasteiger partial charge in [-0.25, -0.2) is 13.7 Å². The Labute approximate surface area is 182 Å². The summed E-state index contributed by atoms with van der Waals surface area (Å²) < 4.78 is 33.6. The van der Waals surface area contributed by atoms with Crippen LogP contribution in [0.5, 0.6) is 5.75 Å². The Bertz CT molecular complexity index is 1190. The first-order valence-corrected chi connectivity index (χ1v) is 10.4. The van der Waals surface area contributed by atoms with E-state index in [9.17, 15) is 18.4 Å². The van der Waals surface area contributed by atoms with E-state index in [1.165, 1.54) is 18.9 Å². The van der Waals surface area contributed by atoms with Crippen LogP contribution in [0.15, 0.2) is 77.7 Å². The first-order valence-electron chi connectivity index (χ1n) is 9.39. The molecule has 0 fully saturated rings. The third-order valence-corrected chi connectivity index (χ3v) is 5.94. The molecule has 0 radical (unpaired) electrons. The van der Waals surface area contributed by atoms with Crippen molar-refractivity contribution in [2.75, 3.05) is 12.0 Å². The van der Waals surface area contributed by atoms with Crippen molar-refractivity contribution in [1.29, 1.82) is 0 Å². The molecule has 0 unspecified atom stereocenters. The molecule has 0 bridgehead atoms. The number of thioether (sulfide) groups is 1. The Morgan fingerprint density at radius 1 is 0.903 bits per heavy atom. The summed E-state index contributed by atoms with van der Waals surface area (Å²) in [6, 6.07) is 18.9. The third kappa shape index (κ3) is 3.96. The van der Waals surface area contributed by atoms with Crippen molar-refractivity contribution in [2.24, 2.45) is 0 Å². The molecular formula is C24H17F2NO3S. The summed E-state index contributed by atoms with van der Waals surface area (Å²) in [5, 5.41) is 0. The number of benzene rings is 3. The van der Waals surface area contributed by atoms with E-state index in [-0.39, 0.29) is 10.5 Å². The average molecular weight is 437 g/mol. The van der Waals surface area contributed by atoms with Gasteiger partial charge in [0.05, 0.1) is 23.3 Å². The van der Waals surface area contributed by atoms with Gasteiger partial charge in [-0.2, -0.15) is 0 Å². The zero-order chi connectivity index (χ0) is 22.0. The quantitative estimate of drug-likeness (QED) is 0.498. The highest BCUT2D eigenvalue weighted by molar-refractivity contribution is 8.03. The summed E-state index contributed by atoms with van der Waals surface area (Å²) >= 11 is 1.18. The molecule has 7 heteroatoms. The molecule has 0 atom stereocenters. The lowest BCUT2D eigenvalue weighted by atomic mass is 10.0. The molecule has 0 saturated heterocycles. The summed E-state index contributed by atoms with van der Waals surface area (Å²) in [6.45, 7) is 0. The van der Waals surface area contributed by atoms with Crippen LogP contribution in [-0.2, 0) is 15.3 Å². The van der Waals surface area contributed by atoms with Crippen LogP contribution >= 0.6 is 11.8 Å². The van der Waals surface area contributed by atoms with E-state index in [0.717, 1.165) is 23.8 Å². The normalized spacial score (nSPS) is 13.8. The standard InChI is InChI=1S/C24H17F2NO3S/c1-30-20-10-6-5-9-17(20)21-22(31-14-15-7-3-2-4-8-15)24(29)27(23(21)28)19-13-16(25)11-12-18(19)26/h2-13H,14H2,1H3. The van der Waals surface area contributed by atoms with Crippen molar-refractivity contribution < 1.29 is 23.1 Å². The molecule has 0 aromatic heterocycles. The number of para-hydroxylation sites is 1. The topological polar surface area (TPSA) is 46.6 Å². The van der Waals surface area contributed by atoms with Gasteiger partial charge in [-0.05, 0) is 23.8 Å². The van der Waals surface area contributed by atoms with E-state index in [2.05, 4.69) is 0 Å². The molecule has 31 heavy (non-hydrogen) atoms. The molecule has 1 heterocycles. The maximum Gasteiger partial charge on any atom is 0.272 e. The van der Waals surface area contributed by atoms with Gasteiger partial charge in [-0.1, -0.05) is 48.5 Å². The fourth-order valence-corrected chi connectivity index (χ4v) is 4.40. The number of amides is 2. The van der Waals surface area contributed by atoms with Crippen LogP contribution in [0.2, 0.25) is 0 Å². The van der Waals surface area contributed by atoms with Crippen LogP contribution in [0.4, 0.5) is 14.5 Å². The molecule has 1 aliphatic rings. The molecule has 2 amide bonds. The van der Waals surface area contributed by atoms with Gasteiger partial charge >= 0.3 is 0 Å². The highest BCUT2D eigenvalue weighted by Crippen LogP contribution is 2.42. The first-order chi connectivity index (χ1) is 15.0. The lowest BCUT2D eigenvalue weighted by Crippen LogP contribution is -2.32. The fraction of sp³-hybridized carbons (Fsp3) is 0.0833. The van der Waals surface area contributed by atoms with Crippen molar-refractivity contribution in [3.05, 3.63) is 100 Å². The van der Waals surface area contributed by atoms with Crippen molar-refractivity contribution >= 4 is 34.8 Å². The number of nitrogens with zero attached hydrogens (tertiary/aromatic N) is 1. The van der Waals surface area contributed by atoms with Crippen LogP contribution in [0.3, 0.4) is 0 Å². The Balaban J connectivity index is 1.82. The van der Waals surface area contributed by atoms with Gasteiger partial charge in [-0.15, -0.1) is 11.8 Å². The monoisotopic (exact) mass is 437 g/mol. The van der Waals surface area contributed by atoms with Crippen molar-refractivity contribution in [3.63, 3.8) is 0 Å². The van der Waals surface area contributed by atoms with Crippen molar-refractivity contribution in [3.8, 4) is 5.75 Å². The Morgan fingerprint density at radius 2 is 1.61 bits per heavy atom. The van der Waals surface area contributed by atoms with E-state index in [4.69, 9.17) is 4.74 Å². The summed E-state index contributed by atoms with van der Waals surface area (Å²) in [4.78, 5) is 27.5. The minimum atomic E-state index is -0.864. The van der Waals surface area contributed by atoms with Crippen LogP contribution in [0, 0.1) is 11.6 Å². The van der Waals surface area contributed by atoms with Crippen LogP contribution in [-0.4, -0.2) is 18.9 Å². The van der Waals surface area contributed by atoms with Gasteiger partial charge in [-0.3, -0.25) is 9.59 Å². The molecule has 1 aliphatic heterocycles. The highest BCUT2D eigenvalue weighted by atomic mass is 32.2. The number of methoxy groups -OCH3 is 1. The molecule has 156 valence electrons. The Kier molecular flexibility index (Phi) is 5.86. The second-order valence-corrected chi connectivity index (χ2v) is 7.71. The third-order valence-electron chi connectivity index (χ3n) is 4.79. The molecule has 0 spiro atoms. The Morgan fingerprint density at radius 3 is 2.35 bits per heavy atom. The summed E-state index contributed by atoms with van der Waals surface area (Å²) in [6.07, 6.45) is 0.